The molecule has 0 aliphatic rings. The lowest BCUT2D eigenvalue weighted by atomic mass is 10.0. The molecule has 3 nitrogen and oxygen atoms in total. The van der Waals surface area contributed by atoms with Crippen LogP contribution in [0.5, 0.6) is 0 Å². The molecule has 0 bridgehead atoms. The number of hydrogen-bond acceptors (Lipinski definition) is 3. The first-order valence-corrected chi connectivity index (χ1v) is 12.0. The van der Waals surface area contributed by atoms with Gasteiger partial charge < -0.3 is 0 Å². The van der Waals surface area contributed by atoms with Gasteiger partial charge in [0.2, 0.25) is 0 Å². The van der Waals surface area contributed by atoms with Crippen molar-refractivity contribution < 1.29 is 8.42 Å². The van der Waals surface area contributed by atoms with E-state index in [1.54, 1.807) is 24.3 Å². The normalized spacial score (nSPS) is 11.3. The molecule has 0 unspecified atom stereocenters. The van der Waals surface area contributed by atoms with Gasteiger partial charge in [-0.25, -0.2) is 8.42 Å². The van der Waals surface area contributed by atoms with Gasteiger partial charge in [0.15, 0.2) is 0 Å². The zero-order valence-electron chi connectivity index (χ0n) is 16.0. The van der Waals surface area contributed by atoms with Crippen LogP contribution in [-0.2, 0) is 22.9 Å². The van der Waals surface area contributed by atoms with Crippen LogP contribution in [0.2, 0.25) is 15.1 Å². The Morgan fingerprint density at radius 3 is 2.03 bits per heavy atom. The molecule has 156 valence electrons. The predicted molar refractivity (Wildman–Crippen MR) is 130 cm³/mol. The zero-order valence-corrected chi connectivity index (χ0v) is 19.9. The van der Waals surface area contributed by atoms with E-state index in [0.29, 0.717) is 28.6 Å². The fourth-order valence-corrected chi connectivity index (χ4v) is 4.98. The Kier molecular flexibility index (Phi) is 7.43. The largest absolute Gasteiger partial charge is 0.280 e. The minimum absolute atomic E-state index is 0.138. The Hall–Kier alpha value is -1.63. The van der Waals surface area contributed by atoms with E-state index in [2.05, 4.69) is 4.72 Å². The maximum atomic E-state index is 12.6. The molecule has 0 aliphatic heterocycles. The van der Waals surface area contributed by atoms with Crippen LogP contribution >= 0.6 is 47.0 Å². The lowest BCUT2D eigenvalue weighted by Crippen LogP contribution is -2.13. The van der Waals surface area contributed by atoms with E-state index < -0.39 is 10.0 Å². The Morgan fingerprint density at radius 1 is 0.867 bits per heavy atom. The Labute approximate surface area is 197 Å². The number of aryl methyl sites for hydroxylation is 1. The molecule has 0 atom stereocenters. The topological polar surface area (TPSA) is 46.2 Å². The highest BCUT2D eigenvalue weighted by atomic mass is 35.5. The molecule has 0 amide bonds. The number of hydrogen-bond donors (Lipinski definition) is 1. The SMILES string of the molecule is Cc1ccc(CC(=S)Cc2ccc(S(=O)(=O)Nc3cc(Cl)cc(Cl)c3)cc2)cc1Cl. The van der Waals surface area contributed by atoms with Crippen molar-refractivity contribution in [3.8, 4) is 0 Å². The summed E-state index contributed by atoms with van der Waals surface area (Å²) in [7, 11) is -3.76. The molecule has 0 heterocycles. The number of anilines is 1. The van der Waals surface area contributed by atoms with Gasteiger partial charge in [-0.1, -0.05) is 71.3 Å². The van der Waals surface area contributed by atoms with E-state index in [-0.39, 0.29) is 4.90 Å². The second-order valence-corrected chi connectivity index (χ2v) is 10.4. The van der Waals surface area contributed by atoms with Crippen LogP contribution in [-0.4, -0.2) is 13.3 Å². The number of sulfonamides is 1. The van der Waals surface area contributed by atoms with Gasteiger partial charge in [-0.05, 0) is 60.0 Å². The quantitative estimate of drug-likeness (QED) is 0.360. The van der Waals surface area contributed by atoms with E-state index in [1.807, 2.05) is 25.1 Å². The molecule has 0 saturated heterocycles. The molecule has 1 N–H and O–H groups in total. The molecule has 3 aromatic rings. The third-order valence-corrected chi connectivity index (χ3v) is 6.92. The summed E-state index contributed by atoms with van der Waals surface area (Å²) >= 11 is 23.5. The lowest BCUT2D eigenvalue weighted by molar-refractivity contribution is 0.601. The standard InChI is InChI=1S/C22H18Cl3NO2S2/c1-14-2-3-16(10-22(14)25)9-20(29)8-15-4-6-21(7-5-15)30(27,28)26-19-12-17(23)11-18(24)13-19/h2-7,10-13,26H,8-9H2,1H3. The van der Waals surface area contributed by atoms with Gasteiger partial charge in [-0.3, -0.25) is 4.72 Å². The summed E-state index contributed by atoms with van der Waals surface area (Å²) < 4.78 is 27.7. The molecule has 0 saturated carbocycles. The number of rotatable bonds is 7. The van der Waals surface area contributed by atoms with Gasteiger partial charge >= 0.3 is 0 Å². The number of thiocarbonyl (C=S) groups is 1. The number of benzene rings is 3. The van der Waals surface area contributed by atoms with Crippen molar-refractivity contribution in [1.29, 1.82) is 0 Å². The third kappa shape index (κ3) is 6.19. The summed E-state index contributed by atoms with van der Waals surface area (Å²) in [5.41, 5.74) is 3.31. The van der Waals surface area contributed by atoms with Crippen molar-refractivity contribution in [1.82, 2.24) is 0 Å². The van der Waals surface area contributed by atoms with Crippen LogP contribution in [0, 0.1) is 6.92 Å². The molecule has 30 heavy (non-hydrogen) atoms. The summed E-state index contributed by atoms with van der Waals surface area (Å²) in [4.78, 5) is 0.982. The van der Waals surface area contributed by atoms with E-state index in [0.717, 1.165) is 26.6 Å². The summed E-state index contributed by atoms with van der Waals surface area (Å²) in [5, 5.41) is 1.41. The Balaban J connectivity index is 1.67. The Bertz CT molecular complexity index is 1170. The van der Waals surface area contributed by atoms with E-state index in [1.165, 1.54) is 18.2 Å². The average molecular weight is 499 g/mol. The highest BCUT2D eigenvalue weighted by Gasteiger charge is 2.15. The van der Waals surface area contributed by atoms with Gasteiger partial charge in [0.05, 0.1) is 10.6 Å². The van der Waals surface area contributed by atoms with Gasteiger partial charge in [0, 0.05) is 32.8 Å². The fraction of sp³-hybridized carbons (Fsp3) is 0.136. The predicted octanol–water partition coefficient (Wildman–Crippen LogP) is 6.91. The number of halogens is 3. The van der Waals surface area contributed by atoms with Crippen LogP contribution < -0.4 is 4.72 Å². The number of nitrogens with one attached hydrogen (secondary N) is 1. The zero-order chi connectivity index (χ0) is 21.9. The Morgan fingerprint density at radius 2 is 1.43 bits per heavy atom. The molecule has 0 aliphatic carbocycles. The molecular weight excluding hydrogens is 481 g/mol. The molecule has 0 spiro atoms. The van der Waals surface area contributed by atoms with Crippen molar-refractivity contribution >= 4 is 67.6 Å². The molecule has 0 radical (unpaired) electrons. The van der Waals surface area contributed by atoms with Crippen molar-refractivity contribution in [2.24, 2.45) is 0 Å². The highest BCUT2D eigenvalue weighted by Crippen LogP contribution is 2.25. The highest BCUT2D eigenvalue weighted by molar-refractivity contribution is 7.92. The minimum Gasteiger partial charge on any atom is -0.280 e. The summed E-state index contributed by atoms with van der Waals surface area (Å²) in [5.74, 6) is 0. The monoisotopic (exact) mass is 497 g/mol. The van der Waals surface area contributed by atoms with E-state index in [9.17, 15) is 8.42 Å². The third-order valence-electron chi connectivity index (χ3n) is 4.39. The lowest BCUT2D eigenvalue weighted by Gasteiger charge is -2.10. The maximum absolute atomic E-state index is 12.6. The van der Waals surface area contributed by atoms with Crippen molar-refractivity contribution in [2.75, 3.05) is 4.72 Å². The van der Waals surface area contributed by atoms with E-state index in [4.69, 9.17) is 47.0 Å². The molecule has 3 rings (SSSR count). The van der Waals surface area contributed by atoms with Crippen LogP contribution in [0.4, 0.5) is 5.69 Å². The molecule has 0 aromatic heterocycles. The minimum atomic E-state index is -3.76. The van der Waals surface area contributed by atoms with E-state index >= 15 is 0 Å². The smallest absolute Gasteiger partial charge is 0.261 e. The van der Waals surface area contributed by atoms with Gasteiger partial charge in [-0.2, -0.15) is 0 Å². The fourth-order valence-electron chi connectivity index (χ4n) is 2.88. The van der Waals surface area contributed by atoms with Gasteiger partial charge in [0.25, 0.3) is 10.0 Å². The first kappa shape index (κ1) is 23.0. The van der Waals surface area contributed by atoms with Crippen LogP contribution in [0.15, 0.2) is 65.6 Å². The summed E-state index contributed by atoms with van der Waals surface area (Å²) in [6.45, 7) is 1.95. The molecule has 3 aromatic carbocycles. The second-order valence-electron chi connectivity index (χ2n) is 6.88. The van der Waals surface area contributed by atoms with Crippen molar-refractivity contribution in [3.63, 3.8) is 0 Å². The average Bonchev–Trinajstić information content (AvgIpc) is 2.64. The summed E-state index contributed by atoms with van der Waals surface area (Å²) in [6.07, 6.45) is 1.20. The van der Waals surface area contributed by atoms with Crippen LogP contribution in [0.1, 0.15) is 16.7 Å². The first-order chi connectivity index (χ1) is 14.1. The summed E-state index contributed by atoms with van der Waals surface area (Å²) in [6, 6.07) is 17.0. The van der Waals surface area contributed by atoms with Crippen LogP contribution in [0.25, 0.3) is 0 Å². The van der Waals surface area contributed by atoms with Crippen molar-refractivity contribution in [3.05, 3.63) is 92.4 Å². The second kappa shape index (κ2) is 9.67. The molecular formula is C22H18Cl3NO2S2. The van der Waals surface area contributed by atoms with Crippen LogP contribution in [0.3, 0.4) is 0 Å². The maximum Gasteiger partial charge on any atom is 0.261 e. The van der Waals surface area contributed by atoms with Gasteiger partial charge in [0.1, 0.15) is 0 Å². The van der Waals surface area contributed by atoms with Gasteiger partial charge in [-0.15, -0.1) is 0 Å². The van der Waals surface area contributed by atoms with Crippen molar-refractivity contribution in [2.45, 2.75) is 24.7 Å². The molecule has 0 fully saturated rings. The first-order valence-electron chi connectivity index (χ1n) is 8.97. The molecule has 8 heteroatoms.